The smallest absolute Gasteiger partial charge is 0.123 e. The number of aliphatic hydroxyl groups is 1. The van der Waals surface area contributed by atoms with Crippen molar-refractivity contribution in [1.29, 1.82) is 0 Å². The zero-order valence-corrected chi connectivity index (χ0v) is 12.8. The zero-order chi connectivity index (χ0) is 15.6. The Hall–Kier alpha value is -1.72. The lowest BCUT2D eigenvalue weighted by atomic mass is 9.85. The summed E-state index contributed by atoms with van der Waals surface area (Å²) in [6.07, 6.45) is 3.76. The van der Waals surface area contributed by atoms with Crippen LogP contribution in [0.2, 0.25) is 0 Å². The summed E-state index contributed by atoms with van der Waals surface area (Å²) in [4.78, 5) is 2.32. The second kappa shape index (κ2) is 6.18. The standard InChI is InChI=1S/C17H22FN3O/c1-13-11-19-20-16(13)12-21-7-5-17(22,6-8-21)10-14-3-2-4-15(18)9-14/h2-4,9,11,22H,5-8,10,12H2,1H3,(H,19,20). The normalized spacial score (nSPS) is 18.5. The number of hydrogen-bond acceptors (Lipinski definition) is 3. The summed E-state index contributed by atoms with van der Waals surface area (Å²) in [5.41, 5.74) is 2.43. The van der Waals surface area contributed by atoms with Crippen molar-refractivity contribution in [2.75, 3.05) is 13.1 Å². The van der Waals surface area contributed by atoms with Crippen LogP contribution in [0.1, 0.15) is 29.7 Å². The first-order chi connectivity index (χ1) is 10.5. The van der Waals surface area contributed by atoms with Crippen molar-refractivity contribution >= 4 is 0 Å². The zero-order valence-electron chi connectivity index (χ0n) is 12.8. The second-order valence-electron chi connectivity index (χ2n) is 6.34. The second-order valence-corrected chi connectivity index (χ2v) is 6.34. The fourth-order valence-corrected chi connectivity index (χ4v) is 3.09. The molecule has 1 aliphatic heterocycles. The number of H-pyrrole nitrogens is 1. The van der Waals surface area contributed by atoms with Crippen LogP contribution in [0.15, 0.2) is 30.5 Å². The first kappa shape index (κ1) is 15.2. The van der Waals surface area contributed by atoms with Crippen LogP contribution in [0, 0.1) is 12.7 Å². The van der Waals surface area contributed by atoms with Crippen LogP contribution in [0.4, 0.5) is 4.39 Å². The molecule has 2 N–H and O–H groups in total. The predicted molar refractivity (Wildman–Crippen MR) is 82.9 cm³/mol. The molecule has 1 aliphatic rings. The number of nitrogens with one attached hydrogen (secondary N) is 1. The van der Waals surface area contributed by atoms with Crippen molar-refractivity contribution in [3.63, 3.8) is 0 Å². The minimum atomic E-state index is -0.729. The molecule has 0 unspecified atom stereocenters. The first-order valence-corrected chi connectivity index (χ1v) is 7.72. The minimum Gasteiger partial charge on any atom is -0.389 e. The summed E-state index contributed by atoms with van der Waals surface area (Å²) in [5, 5.41) is 17.8. The van der Waals surface area contributed by atoms with Gasteiger partial charge in [-0.25, -0.2) is 4.39 Å². The molecular formula is C17H22FN3O. The van der Waals surface area contributed by atoms with Gasteiger partial charge in [-0.3, -0.25) is 10.00 Å². The van der Waals surface area contributed by atoms with E-state index in [2.05, 4.69) is 15.1 Å². The van der Waals surface area contributed by atoms with Crippen molar-refractivity contribution < 1.29 is 9.50 Å². The third kappa shape index (κ3) is 3.54. The van der Waals surface area contributed by atoms with E-state index in [1.165, 1.54) is 17.7 Å². The molecule has 0 radical (unpaired) electrons. The van der Waals surface area contributed by atoms with Crippen molar-refractivity contribution in [2.45, 2.75) is 38.3 Å². The highest BCUT2D eigenvalue weighted by molar-refractivity contribution is 5.19. The van der Waals surface area contributed by atoms with Gasteiger partial charge in [-0.1, -0.05) is 12.1 Å². The molecule has 0 spiro atoms. The molecule has 0 amide bonds. The molecule has 2 heterocycles. The molecule has 0 bridgehead atoms. The third-order valence-corrected chi connectivity index (χ3v) is 4.52. The van der Waals surface area contributed by atoms with Crippen molar-refractivity contribution in [2.24, 2.45) is 0 Å². The van der Waals surface area contributed by atoms with Gasteiger partial charge in [0.05, 0.1) is 17.5 Å². The Balaban J connectivity index is 1.57. The van der Waals surface area contributed by atoms with Gasteiger partial charge in [-0.05, 0) is 43.0 Å². The molecule has 22 heavy (non-hydrogen) atoms. The lowest BCUT2D eigenvalue weighted by Crippen LogP contribution is -2.45. The van der Waals surface area contributed by atoms with Crippen LogP contribution in [0.25, 0.3) is 0 Å². The van der Waals surface area contributed by atoms with E-state index in [9.17, 15) is 9.50 Å². The van der Waals surface area contributed by atoms with Gasteiger partial charge in [-0.2, -0.15) is 5.10 Å². The Bertz CT molecular complexity index is 632. The van der Waals surface area contributed by atoms with E-state index in [1.54, 1.807) is 6.07 Å². The number of aromatic nitrogens is 2. The van der Waals surface area contributed by atoms with E-state index in [0.717, 1.165) is 30.9 Å². The average Bonchev–Trinajstić information content (AvgIpc) is 2.87. The monoisotopic (exact) mass is 303 g/mol. The topological polar surface area (TPSA) is 52.2 Å². The van der Waals surface area contributed by atoms with Gasteiger partial charge < -0.3 is 5.11 Å². The Morgan fingerprint density at radius 3 is 2.77 bits per heavy atom. The number of hydrogen-bond donors (Lipinski definition) is 2. The molecule has 5 heteroatoms. The molecule has 1 aromatic heterocycles. The summed E-state index contributed by atoms with van der Waals surface area (Å²) in [7, 11) is 0. The predicted octanol–water partition coefficient (Wildman–Crippen LogP) is 2.43. The molecule has 0 aliphatic carbocycles. The molecule has 1 aromatic carbocycles. The van der Waals surface area contributed by atoms with E-state index >= 15 is 0 Å². The maximum Gasteiger partial charge on any atom is 0.123 e. The van der Waals surface area contributed by atoms with Crippen LogP contribution >= 0.6 is 0 Å². The summed E-state index contributed by atoms with van der Waals surface area (Å²) in [5.74, 6) is -0.242. The Morgan fingerprint density at radius 2 is 2.14 bits per heavy atom. The van der Waals surface area contributed by atoms with E-state index in [1.807, 2.05) is 19.2 Å². The highest BCUT2D eigenvalue weighted by Gasteiger charge is 2.32. The van der Waals surface area contributed by atoms with E-state index in [4.69, 9.17) is 0 Å². The Kier molecular flexibility index (Phi) is 4.27. The number of likely N-dealkylation sites (tertiary alicyclic amines) is 1. The van der Waals surface area contributed by atoms with Gasteiger partial charge in [-0.15, -0.1) is 0 Å². The van der Waals surface area contributed by atoms with Crippen LogP contribution in [0.5, 0.6) is 0 Å². The van der Waals surface area contributed by atoms with Crippen LogP contribution < -0.4 is 0 Å². The van der Waals surface area contributed by atoms with Gasteiger partial charge in [0.2, 0.25) is 0 Å². The van der Waals surface area contributed by atoms with Gasteiger partial charge in [0, 0.05) is 26.1 Å². The SMILES string of the molecule is Cc1cn[nH]c1CN1CCC(O)(Cc2cccc(F)c2)CC1. The van der Waals surface area contributed by atoms with Crippen molar-refractivity contribution in [3.8, 4) is 0 Å². The van der Waals surface area contributed by atoms with Gasteiger partial charge in [0.15, 0.2) is 0 Å². The number of halogens is 1. The molecule has 0 saturated carbocycles. The fourth-order valence-electron chi connectivity index (χ4n) is 3.09. The Morgan fingerprint density at radius 1 is 1.36 bits per heavy atom. The maximum atomic E-state index is 13.3. The summed E-state index contributed by atoms with van der Waals surface area (Å²) in [6, 6.07) is 6.52. The molecule has 1 saturated heterocycles. The summed E-state index contributed by atoms with van der Waals surface area (Å²) < 4.78 is 13.3. The van der Waals surface area contributed by atoms with Gasteiger partial charge >= 0.3 is 0 Å². The lowest BCUT2D eigenvalue weighted by Gasteiger charge is -2.38. The molecule has 1 fully saturated rings. The largest absolute Gasteiger partial charge is 0.389 e. The minimum absolute atomic E-state index is 0.242. The van der Waals surface area contributed by atoms with Crippen LogP contribution in [-0.4, -0.2) is 38.9 Å². The maximum absolute atomic E-state index is 13.3. The van der Waals surface area contributed by atoms with Crippen LogP contribution in [-0.2, 0) is 13.0 Å². The van der Waals surface area contributed by atoms with Crippen LogP contribution in [0.3, 0.4) is 0 Å². The van der Waals surface area contributed by atoms with Crippen molar-refractivity contribution in [1.82, 2.24) is 15.1 Å². The van der Waals surface area contributed by atoms with E-state index in [-0.39, 0.29) is 5.82 Å². The number of benzene rings is 1. The molecule has 2 aromatic rings. The highest BCUT2D eigenvalue weighted by atomic mass is 19.1. The van der Waals surface area contributed by atoms with Gasteiger partial charge in [0.25, 0.3) is 0 Å². The number of rotatable bonds is 4. The summed E-state index contributed by atoms with van der Waals surface area (Å²) >= 11 is 0. The van der Waals surface area contributed by atoms with Gasteiger partial charge in [0.1, 0.15) is 5.82 Å². The quantitative estimate of drug-likeness (QED) is 0.912. The lowest BCUT2D eigenvalue weighted by molar-refractivity contribution is -0.0227. The molecule has 4 nitrogen and oxygen atoms in total. The molecule has 3 rings (SSSR count). The average molecular weight is 303 g/mol. The number of piperidine rings is 1. The van der Waals surface area contributed by atoms with E-state index in [0.29, 0.717) is 19.3 Å². The molecular weight excluding hydrogens is 281 g/mol. The van der Waals surface area contributed by atoms with E-state index < -0.39 is 5.60 Å². The third-order valence-electron chi connectivity index (χ3n) is 4.52. The number of nitrogens with zero attached hydrogens (tertiary/aromatic N) is 2. The first-order valence-electron chi connectivity index (χ1n) is 7.72. The highest BCUT2D eigenvalue weighted by Crippen LogP contribution is 2.27. The molecule has 0 atom stereocenters. The number of aryl methyl sites for hydroxylation is 1. The fraction of sp³-hybridized carbons (Fsp3) is 0.471. The number of aromatic amines is 1. The Labute approximate surface area is 130 Å². The molecule has 118 valence electrons. The summed E-state index contributed by atoms with van der Waals surface area (Å²) in [6.45, 7) is 4.56. The van der Waals surface area contributed by atoms with Crippen molar-refractivity contribution in [3.05, 3.63) is 53.1 Å².